The molecule has 14 heavy (non-hydrogen) atoms. The second-order valence-electron chi connectivity index (χ2n) is 2.92. The first-order valence-electron chi connectivity index (χ1n) is 4.21. The Morgan fingerprint density at radius 3 is 2.71 bits per heavy atom. The minimum absolute atomic E-state index is 0.654. The summed E-state index contributed by atoms with van der Waals surface area (Å²) >= 11 is 0. The number of hydrogen-bond donors (Lipinski definition) is 1. The topological polar surface area (TPSA) is 68.8 Å². The monoisotopic (exact) mass is 193 g/mol. The summed E-state index contributed by atoms with van der Waals surface area (Å²) in [5.41, 5.74) is 0.808. The summed E-state index contributed by atoms with van der Waals surface area (Å²) in [5.74, 6) is 2.02. The quantitative estimate of drug-likeness (QED) is 0.764. The molecule has 2 heterocycles. The third kappa shape index (κ3) is 1.15. The zero-order chi connectivity index (χ0) is 10.1. The SMILES string of the molecule is CNc1nnc(-c2ocnc2C)n1C. The summed E-state index contributed by atoms with van der Waals surface area (Å²) in [7, 11) is 3.66. The molecular formula is C8H11N5O. The first kappa shape index (κ1) is 8.74. The van der Waals surface area contributed by atoms with E-state index in [1.54, 1.807) is 7.05 Å². The predicted octanol–water partition coefficient (Wildman–Crippen LogP) is 0.820. The highest BCUT2D eigenvalue weighted by molar-refractivity contribution is 5.52. The van der Waals surface area contributed by atoms with Gasteiger partial charge in [-0.3, -0.25) is 4.57 Å². The van der Waals surface area contributed by atoms with Crippen molar-refractivity contribution in [2.24, 2.45) is 7.05 Å². The molecule has 1 N–H and O–H groups in total. The van der Waals surface area contributed by atoms with Gasteiger partial charge in [-0.2, -0.15) is 0 Å². The lowest BCUT2D eigenvalue weighted by Crippen LogP contribution is -1.99. The Hall–Kier alpha value is -1.85. The van der Waals surface area contributed by atoms with Gasteiger partial charge in [-0.25, -0.2) is 4.98 Å². The highest BCUT2D eigenvalue weighted by atomic mass is 16.3. The molecule has 0 radical (unpaired) electrons. The molecule has 0 saturated carbocycles. The van der Waals surface area contributed by atoms with Crippen molar-refractivity contribution in [3.05, 3.63) is 12.1 Å². The Balaban J connectivity index is 2.52. The summed E-state index contributed by atoms with van der Waals surface area (Å²) in [6.07, 6.45) is 1.40. The first-order chi connectivity index (χ1) is 6.74. The summed E-state index contributed by atoms with van der Waals surface area (Å²) in [6, 6.07) is 0. The maximum atomic E-state index is 5.23. The number of aromatic nitrogens is 4. The van der Waals surface area contributed by atoms with Crippen LogP contribution in [0.2, 0.25) is 0 Å². The van der Waals surface area contributed by atoms with Gasteiger partial charge in [-0.05, 0) is 6.92 Å². The summed E-state index contributed by atoms with van der Waals surface area (Å²) in [6.45, 7) is 1.87. The number of nitrogens with one attached hydrogen (secondary N) is 1. The van der Waals surface area contributed by atoms with Crippen LogP contribution < -0.4 is 5.32 Å². The van der Waals surface area contributed by atoms with Gasteiger partial charge < -0.3 is 9.73 Å². The number of aryl methyl sites for hydroxylation is 1. The van der Waals surface area contributed by atoms with E-state index in [1.165, 1.54) is 6.39 Å². The molecule has 0 unspecified atom stereocenters. The summed E-state index contributed by atoms with van der Waals surface area (Å²) in [4.78, 5) is 4.00. The van der Waals surface area contributed by atoms with Crippen LogP contribution in [0.4, 0.5) is 5.95 Å². The number of rotatable bonds is 2. The van der Waals surface area contributed by atoms with Crippen LogP contribution in [0.1, 0.15) is 5.69 Å². The van der Waals surface area contributed by atoms with Crippen molar-refractivity contribution in [2.75, 3.05) is 12.4 Å². The molecule has 6 heteroatoms. The molecule has 0 saturated heterocycles. The standard InChI is InChI=1S/C8H11N5O/c1-5-6(14-4-10-5)7-11-12-8(9-2)13(7)3/h4H,1-3H3,(H,9,12). The smallest absolute Gasteiger partial charge is 0.224 e. The second kappa shape index (κ2) is 3.13. The molecule has 2 aromatic rings. The zero-order valence-corrected chi connectivity index (χ0v) is 8.27. The van der Waals surface area contributed by atoms with E-state index >= 15 is 0 Å². The van der Waals surface area contributed by atoms with Gasteiger partial charge in [-0.15, -0.1) is 10.2 Å². The molecule has 2 rings (SSSR count). The maximum Gasteiger partial charge on any atom is 0.224 e. The van der Waals surface area contributed by atoms with Gasteiger partial charge in [0.1, 0.15) is 0 Å². The molecule has 0 spiro atoms. The van der Waals surface area contributed by atoms with E-state index in [0.29, 0.717) is 17.5 Å². The maximum absolute atomic E-state index is 5.23. The molecule has 0 aliphatic carbocycles. The average Bonchev–Trinajstić information content (AvgIpc) is 2.72. The van der Waals surface area contributed by atoms with Crippen molar-refractivity contribution in [3.8, 4) is 11.6 Å². The number of oxazole rings is 1. The first-order valence-corrected chi connectivity index (χ1v) is 4.21. The Labute approximate surface area is 81.0 Å². The minimum Gasteiger partial charge on any atom is -0.440 e. The number of nitrogens with zero attached hydrogens (tertiary/aromatic N) is 4. The molecule has 74 valence electrons. The van der Waals surface area contributed by atoms with E-state index in [2.05, 4.69) is 20.5 Å². The molecule has 0 aliphatic rings. The molecule has 0 aromatic carbocycles. The van der Waals surface area contributed by atoms with Crippen LogP contribution in [0.15, 0.2) is 10.8 Å². The fourth-order valence-electron chi connectivity index (χ4n) is 1.26. The van der Waals surface area contributed by atoms with Crippen molar-refractivity contribution >= 4 is 5.95 Å². The average molecular weight is 193 g/mol. The van der Waals surface area contributed by atoms with Crippen LogP contribution in [0, 0.1) is 6.92 Å². The third-order valence-corrected chi connectivity index (χ3v) is 2.05. The van der Waals surface area contributed by atoms with E-state index in [0.717, 1.165) is 5.69 Å². The lowest BCUT2D eigenvalue weighted by molar-refractivity contribution is 0.563. The molecule has 0 atom stereocenters. The summed E-state index contributed by atoms with van der Waals surface area (Å²) < 4.78 is 7.04. The summed E-state index contributed by atoms with van der Waals surface area (Å²) in [5, 5.41) is 10.9. The van der Waals surface area contributed by atoms with Gasteiger partial charge in [0.2, 0.25) is 11.8 Å². The lowest BCUT2D eigenvalue weighted by atomic mass is 10.3. The molecule has 0 aliphatic heterocycles. The fourth-order valence-corrected chi connectivity index (χ4v) is 1.26. The van der Waals surface area contributed by atoms with E-state index in [9.17, 15) is 0 Å². The predicted molar refractivity (Wildman–Crippen MR) is 50.8 cm³/mol. The van der Waals surface area contributed by atoms with Crippen molar-refractivity contribution in [1.29, 1.82) is 0 Å². The van der Waals surface area contributed by atoms with Gasteiger partial charge in [0.15, 0.2) is 12.2 Å². The number of hydrogen-bond acceptors (Lipinski definition) is 5. The Morgan fingerprint density at radius 1 is 1.43 bits per heavy atom. The fraction of sp³-hybridized carbons (Fsp3) is 0.375. The van der Waals surface area contributed by atoms with Gasteiger partial charge >= 0.3 is 0 Å². The number of anilines is 1. The van der Waals surface area contributed by atoms with Gasteiger partial charge in [-0.1, -0.05) is 0 Å². The van der Waals surface area contributed by atoms with Crippen LogP contribution in [0.3, 0.4) is 0 Å². The van der Waals surface area contributed by atoms with Crippen molar-refractivity contribution in [1.82, 2.24) is 19.7 Å². The van der Waals surface area contributed by atoms with Gasteiger partial charge in [0.25, 0.3) is 0 Å². The molecule has 2 aromatic heterocycles. The molecule has 6 nitrogen and oxygen atoms in total. The van der Waals surface area contributed by atoms with Crippen LogP contribution in [0.5, 0.6) is 0 Å². The molecule has 0 amide bonds. The van der Waals surface area contributed by atoms with Crippen molar-refractivity contribution in [3.63, 3.8) is 0 Å². The molecule has 0 bridgehead atoms. The van der Waals surface area contributed by atoms with E-state index in [4.69, 9.17) is 4.42 Å². The van der Waals surface area contributed by atoms with Gasteiger partial charge in [0.05, 0.1) is 5.69 Å². The van der Waals surface area contributed by atoms with E-state index in [1.807, 2.05) is 18.5 Å². The Kier molecular flexibility index (Phi) is 1.95. The van der Waals surface area contributed by atoms with E-state index < -0.39 is 0 Å². The zero-order valence-electron chi connectivity index (χ0n) is 8.27. The minimum atomic E-state index is 0.654. The van der Waals surface area contributed by atoms with E-state index in [-0.39, 0.29) is 0 Å². The molecular weight excluding hydrogens is 182 g/mol. The van der Waals surface area contributed by atoms with Crippen molar-refractivity contribution < 1.29 is 4.42 Å². The third-order valence-electron chi connectivity index (χ3n) is 2.05. The molecule has 0 fully saturated rings. The van der Waals surface area contributed by atoms with Crippen LogP contribution in [-0.2, 0) is 7.05 Å². The van der Waals surface area contributed by atoms with Gasteiger partial charge in [0, 0.05) is 14.1 Å². The highest BCUT2D eigenvalue weighted by Gasteiger charge is 2.15. The van der Waals surface area contributed by atoms with Crippen LogP contribution in [-0.4, -0.2) is 26.8 Å². The Morgan fingerprint density at radius 2 is 2.21 bits per heavy atom. The van der Waals surface area contributed by atoms with Crippen molar-refractivity contribution in [2.45, 2.75) is 6.92 Å². The highest BCUT2D eigenvalue weighted by Crippen LogP contribution is 2.21. The van der Waals surface area contributed by atoms with Crippen LogP contribution in [0.25, 0.3) is 11.6 Å². The second-order valence-corrected chi connectivity index (χ2v) is 2.92. The Bertz CT molecular complexity index is 444. The largest absolute Gasteiger partial charge is 0.440 e. The lowest BCUT2D eigenvalue weighted by Gasteiger charge is -2.00. The normalized spacial score (nSPS) is 10.5. The van der Waals surface area contributed by atoms with Crippen LogP contribution >= 0.6 is 0 Å².